The topological polar surface area (TPSA) is 45.2 Å². The van der Waals surface area contributed by atoms with Crippen LogP contribution in [0.5, 0.6) is 0 Å². The SMILES string of the molecule is O[C@@]12CCCCCC[C@@H]3CCN4CCC[C@H](CCCCCC[C@H]5CCN(CCC1)[C@@H]2O5)[C@H]4O3. The lowest BCUT2D eigenvalue weighted by Gasteiger charge is -2.51. The maximum Gasteiger partial charge on any atom is 0.140 e. The molecule has 0 unspecified atom stereocenters. The summed E-state index contributed by atoms with van der Waals surface area (Å²) in [7, 11) is 0. The van der Waals surface area contributed by atoms with Crippen LogP contribution in [0.1, 0.15) is 116 Å². The van der Waals surface area contributed by atoms with E-state index in [2.05, 4.69) is 9.80 Å². The molecule has 5 aliphatic rings. The van der Waals surface area contributed by atoms with Crippen LogP contribution in [0.25, 0.3) is 0 Å². The van der Waals surface area contributed by atoms with Crippen LogP contribution < -0.4 is 0 Å². The second kappa shape index (κ2) is 11.7. The maximum atomic E-state index is 11.6. The molecular formula is C28H50N2O3. The first-order valence-corrected chi connectivity index (χ1v) is 14.7. The molecule has 5 aliphatic heterocycles. The minimum absolute atomic E-state index is 0.0579. The Morgan fingerprint density at radius 1 is 0.545 bits per heavy atom. The van der Waals surface area contributed by atoms with E-state index in [1.165, 1.54) is 96.6 Å². The molecular weight excluding hydrogens is 412 g/mol. The molecule has 5 heteroatoms. The molecule has 0 aromatic heterocycles. The van der Waals surface area contributed by atoms with Crippen molar-refractivity contribution in [2.75, 3.05) is 26.2 Å². The van der Waals surface area contributed by atoms with Crippen molar-refractivity contribution in [3.05, 3.63) is 0 Å². The number of hydrogen-bond acceptors (Lipinski definition) is 5. The summed E-state index contributed by atoms with van der Waals surface area (Å²) in [6.07, 6.45) is 23.1. The highest BCUT2D eigenvalue weighted by Gasteiger charge is 2.46. The van der Waals surface area contributed by atoms with Crippen LogP contribution in [-0.2, 0) is 9.47 Å². The second-order valence-electron chi connectivity index (χ2n) is 12.0. The first-order chi connectivity index (χ1) is 16.2. The van der Waals surface area contributed by atoms with Gasteiger partial charge in [-0.1, -0.05) is 51.4 Å². The van der Waals surface area contributed by atoms with Crippen molar-refractivity contribution >= 4 is 0 Å². The van der Waals surface area contributed by atoms with Crippen molar-refractivity contribution in [2.45, 2.75) is 146 Å². The Labute approximate surface area is 202 Å². The average Bonchev–Trinajstić information content (AvgIpc) is 2.83. The molecule has 0 aromatic carbocycles. The molecule has 0 amide bonds. The molecule has 1 N–H and O–H groups in total. The fourth-order valence-corrected chi connectivity index (χ4v) is 7.56. The predicted molar refractivity (Wildman–Crippen MR) is 132 cm³/mol. The summed E-state index contributed by atoms with van der Waals surface area (Å²) in [6.45, 7) is 4.70. The van der Waals surface area contributed by atoms with E-state index in [-0.39, 0.29) is 6.23 Å². The number of ether oxygens (including phenoxy) is 2. The summed E-state index contributed by atoms with van der Waals surface area (Å²) >= 11 is 0. The molecule has 0 aromatic rings. The quantitative estimate of drug-likeness (QED) is 0.519. The van der Waals surface area contributed by atoms with E-state index >= 15 is 0 Å². The fraction of sp³-hybridized carbons (Fsp3) is 1.00. The van der Waals surface area contributed by atoms with Crippen LogP contribution in [0, 0.1) is 5.92 Å². The summed E-state index contributed by atoms with van der Waals surface area (Å²) in [5.41, 5.74) is -0.635. The molecule has 4 bridgehead atoms. The molecule has 0 aliphatic carbocycles. The predicted octanol–water partition coefficient (Wildman–Crippen LogP) is 5.45. The van der Waals surface area contributed by atoms with Crippen molar-refractivity contribution in [3.63, 3.8) is 0 Å². The Balaban J connectivity index is 1.19. The molecule has 190 valence electrons. The third-order valence-electron chi connectivity index (χ3n) is 9.50. The molecule has 5 fully saturated rings. The lowest BCUT2D eigenvalue weighted by Crippen LogP contribution is -2.61. The molecule has 0 radical (unpaired) electrons. The second-order valence-corrected chi connectivity index (χ2v) is 12.0. The largest absolute Gasteiger partial charge is 0.386 e. The lowest BCUT2D eigenvalue weighted by atomic mass is 9.84. The standard InChI is InChI=1S/C28H50N2O3/c31-28-17-8-4-3-7-13-24-15-21-29-19-9-12-23(26(29)32-24)11-5-1-2-6-14-25-16-22-30(20-10-18-28)27(28)33-25/h23-27,31H,1-22H2/t23-,24+,25-,26+,27+,28-/m0/s1. The zero-order valence-electron chi connectivity index (χ0n) is 21.1. The minimum atomic E-state index is -0.635. The smallest absolute Gasteiger partial charge is 0.140 e. The number of rotatable bonds is 0. The summed E-state index contributed by atoms with van der Waals surface area (Å²) in [6, 6.07) is 0. The third kappa shape index (κ3) is 6.14. The Hall–Kier alpha value is -0.200. The van der Waals surface area contributed by atoms with Gasteiger partial charge in [0.2, 0.25) is 0 Å². The van der Waals surface area contributed by atoms with E-state index in [0.29, 0.717) is 18.4 Å². The molecule has 33 heavy (non-hydrogen) atoms. The Morgan fingerprint density at radius 2 is 1.15 bits per heavy atom. The zero-order valence-corrected chi connectivity index (χ0v) is 21.1. The first kappa shape index (κ1) is 24.5. The molecule has 0 spiro atoms. The highest BCUT2D eigenvalue weighted by Crippen LogP contribution is 2.38. The van der Waals surface area contributed by atoms with Crippen molar-refractivity contribution < 1.29 is 14.6 Å². The van der Waals surface area contributed by atoms with Gasteiger partial charge in [0.1, 0.15) is 18.1 Å². The molecule has 5 nitrogen and oxygen atoms in total. The Bertz CT molecular complexity index is 604. The van der Waals surface area contributed by atoms with Gasteiger partial charge in [-0.15, -0.1) is 0 Å². The van der Waals surface area contributed by atoms with E-state index in [9.17, 15) is 5.11 Å². The van der Waals surface area contributed by atoms with Crippen molar-refractivity contribution in [1.82, 2.24) is 9.80 Å². The van der Waals surface area contributed by atoms with Crippen LogP contribution >= 0.6 is 0 Å². The molecule has 5 rings (SSSR count). The summed E-state index contributed by atoms with van der Waals surface area (Å²) in [4.78, 5) is 5.10. The zero-order chi connectivity index (χ0) is 22.5. The van der Waals surface area contributed by atoms with Gasteiger partial charge in [-0.3, -0.25) is 9.80 Å². The van der Waals surface area contributed by atoms with Gasteiger partial charge in [-0.05, 0) is 70.1 Å². The van der Waals surface area contributed by atoms with Crippen LogP contribution in [0.15, 0.2) is 0 Å². The van der Waals surface area contributed by atoms with Crippen LogP contribution in [0.4, 0.5) is 0 Å². The van der Waals surface area contributed by atoms with E-state index in [1.807, 2.05) is 0 Å². The Morgan fingerprint density at radius 3 is 1.97 bits per heavy atom. The first-order valence-electron chi connectivity index (χ1n) is 14.7. The number of hydrogen-bond donors (Lipinski definition) is 1. The highest BCUT2D eigenvalue weighted by atomic mass is 16.5. The van der Waals surface area contributed by atoms with Gasteiger partial charge in [-0.25, -0.2) is 0 Å². The van der Waals surface area contributed by atoms with Crippen LogP contribution in [0.3, 0.4) is 0 Å². The molecule has 0 saturated carbocycles. The molecule has 6 atom stereocenters. The van der Waals surface area contributed by atoms with Crippen molar-refractivity contribution in [1.29, 1.82) is 0 Å². The van der Waals surface area contributed by atoms with E-state index in [0.717, 1.165) is 51.1 Å². The van der Waals surface area contributed by atoms with Crippen LogP contribution in [0.2, 0.25) is 0 Å². The third-order valence-corrected chi connectivity index (χ3v) is 9.50. The number of nitrogens with zero attached hydrogens (tertiary/aromatic N) is 2. The molecule has 5 saturated heterocycles. The summed E-state index contributed by atoms with van der Waals surface area (Å²) in [5, 5.41) is 11.6. The lowest BCUT2D eigenvalue weighted by molar-refractivity contribution is -0.245. The van der Waals surface area contributed by atoms with Gasteiger partial charge in [0.15, 0.2) is 0 Å². The highest BCUT2D eigenvalue weighted by molar-refractivity contribution is 4.95. The summed E-state index contributed by atoms with van der Waals surface area (Å²) < 4.78 is 13.3. The Kier molecular flexibility index (Phi) is 8.68. The van der Waals surface area contributed by atoms with Gasteiger partial charge in [-0.2, -0.15) is 0 Å². The van der Waals surface area contributed by atoms with E-state index < -0.39 is 5.60 Å². The monoisotopic (exact) mass is 462 g/mol. The average molecular weight is 463 g/mol. The van der Waals surface area contributed by atoms with E-state index in [4.69, 9.17) is 9.47 Å². The minimum Gasteiger partial charge on any atom is -0.386 e. The number of fused-ring (bicyclic) bond motifs is 2. The molecule has 5 heterocycles. The maximum absolute atomic E-state index is 11.6. The normalized spacial score (nSPS) is 43.0. The van der Waals surface area contributed by atoms with Crippen molar-refractivity contribution in [2.24, 2.45) is 5.92 Å². The number of piperidine rings is 2. The van der Waals surface area contributed by atoms with Crippen LogP contribution in [-0.4, -0.2) is 71.4 Å². The van der Waals surface area contributed by atoms with Crippen molar-refractivity contribution in [3.8, 4) is 0 Å². The fourth-order valence-electron chi connectivity index (χ4n) is 7.56. The van der Waals surface area contributed by atoms with E-state index in [1.54, 1.807) is 0 Å². The van der Waals surface area contributed by atoms with Gasteiger partial charge in [0, 0.05) is 26.2 Å². The summed E-state index contributed by atoms with van der Waals surface area (Å²) in [5.74, 6) is 0.754. The number of aliphatic hydroxyl groups is 1. The van der Waals surface area contributed by atoms with Gasteiger partial charge >= 0.3 is 0 Å². The van der Waals surface area contributed by atoms with Gasteiger partial charge in [0.05, 0.1) is 12.2 Å². The van der Waals surface area contributed by atoms with Gasteiger partial charge in [0.25, 0.3) is 0 Å². The van der Waals surface area contributed by atoms with Gasteiger partial charge < -0.3 is 14.6 Å².